The van der Waals surface area contributed by atoms with Gasteiger partial charge in [0.1, 0.15) is 0 Å². The molecule has 0 aromatic carbocycles. The summed E-state index contributed by atoms with van der Waals surface area (Å²) < 4.78 is 0. The predicted molar refractivity (Wildman–Crippen MR) is 46.1 cm³/mol. The van der Waals surface area contributed by atoms with E-state index >= 15 is 0 Å². The highest BCUT2D eigenvalue weighted by Crippen LogP contribution is 2.51. The van der Waals surface area contributed by atoms with E-state index in [4.69, 9.17) is 0 Å². The second-order valence-electron chi connectivity index (χ2n) is 3.34. The van der Waals surface area contributed by atoms with Crippen LogP contribution < -0.4 is 0 Å². The van der Waals surface area contributed by atoms with Gasteiger partial charge in [-0.25, -0.2) is 0 Å². The van der Waals surface area contributed by atoms with Gasteiger partial charge in [-0.2, -0.15) is 0 Å². The summed E-state index contributed by atoms with van der Waals surface area (Å²) in [5.74, 6) is 4.94. The fraction of sp³-hybridized carbons (Fsp3) is 0.273. The number of hydrogen-bond donors (Lipinski definition) is 0. The summed E-state index contributed by atoms with van der Waals surface area (Å²) in [7, 11) is 0. The zero-order valence-corrected chi connectivity index (χ0v) is 6.96. The molecule has 0 aliphatic heterocycles. The van der Waals surface area contributed by atoms with Crippen LogP contribution >= 0.6 is 0 Å². The average molecular weight is 144 g/mol. The Morgan fingerprint density at radius 2 is 1.82 bits per heavy atom. The van der Waals surface area contributed by atoms with E-state index in [0.29, 0.717) is 5.92 Å². The van der Waals surface area contributed by atoms with Crippen molar-refractivity contribution < 1.29 is 0 Å². The summed E-state index contributed by atoms with van der Waals surface area (Å²) in [4.78, 5) is 0. The highest BCUT2D eigenvalue weighted by atomic mass is 14.4. The summed E-state index contributed by atoms with van der Waals surface area (Å²) in [6.45, 7) is 4.48. The van der Waals surface area contributed by atoms with E-state index in [-0.39, 0.29) is 0 Å². The Morgan fingerprint density at radius 1 is 1.00 bits per heavy atom. The lowest BCUT2D eigenvalue weighted by Gasteiger charge is -2.19. The first-order valence-electron chi connectivity index (χ1n) is 4.10. The molecule has 0 saturated heterocycles. The van der Waals surface area contributed by atoms with Crippen LogP contribution in [-0.4, -0.2) is 0 Å². The molecule has 0 N–H and O–H groups in total. The maximum absolute atomic E-state index is 2.24. The molecule has 2 rings (SSSR count). The lowest BCUT2D eigenvalue weighted by Crippen LogP contribution is -2.10. The van der Waals surface area contributed by atoms with E-state index in [1.807, 2.05) is 0 Å². The predicted octanol–water partition coefficient (Wildman–Crippen LogP) is 2.41. The average Bonchev–Trinajstić information content (AvgIpc) is 2.41. The van der Waals surface area contributed by atoms with E-state index in [1.54, 1.807) is 0 Å². The normalized spacial score (nSPS) is 28.6. The third kappa shape index (κ3) is 1.21. The monoisotopic (exact) mass is 144 g/mol. The molecule has 2 fully saturated rings. The van der Waals surface area contributed by atoms with Crippen molar-refractivity contribution in [2.24, 2.45) is 5.92 Å². The maximum Gasteiger partial charge on any atom is -0.00571 e. The molecular formula is C11H12. The molecule has 0 spiro atoms. The summed E-state index contributed by atoms with van der Waals surface area (Å²) >= 11 is 0. The third-order valence-corrected chi connectivity index (χ3v) is 2.23. The largest absolute Gasteiger partial charge is 0.0622 e. The molecule has 2 saturated carbocycles. The van der Waals surface area contributed by atoms with E-state index in [2.05, 4.69) is 46.0 Å². The second-order valence-corrected chi connectivity index (χ2v) is 3.34. The molecule has 0 heterocycles. The van der Waals surface area contributed by atoms with Crippen molar-refractivity contribution in [3.8, 4) is 0 Å². The molecule has 0 bridgehead atoms. The first kappa shape index (κ1) is 7.64. The fourth-order valence-corrected chi connectivity index (χ4v) is 1.62. The van der Waals surface area contributed by atoms with Crippen LogP contribution in [0.15, 0.2) is 0 Å². The van der Waals surface area contributed by atoms with Crippen molar-refractivity contribution >= 4 is 0 Å². The van der Waals surface area contributed by atoms with Crippen LogP contribution in [0.3, 0.4) is 0 Å². The van der Waals surface area contributed by atoms with Crippen LogP contribution in [0.5, 0.6) is 0 Å². The standard InChI is InChI=1S/C11H12/c1-8(2)10-7-6-9-4-3-5-11(9)10/h3-8H,1-2H3. The van der Waals surface area contributed by atoms with Gasteiger partial charge in [-0.1, -0.05) is 13.8 Å². The van der Waals surface area contributed by atoms with Crippen molar-refractivity contribution in [1.82, 2.24) is 0 Å². The molecule has 8 radical (unpaired) electrons. The molecule has 2 aliphatic carbocycles. The fourth-order valence-electron chi connectivity index (χ4n) is 1.62. The summed E-state index contributed by atoms with van der Waals surface area (Å²) in [5, 5.41) is 0. The van der Waals surface area contributed by atoms with Gasteiger partial charge in [0.05, 0.1) is 0 Å². The number of fused-ring (bicyclic) bond motifs is 1. The topological polar surface area (TPSA) is 0 Å². The molecule has 56 valence electrons. The van der Waals surface area contributed by atoms with Gasteiger partial charge in [-0.05, 0) is 55.8 Å². The highest BCUT2D eigenvalue weighted by Gasteiger charge is 2.42. The number of rotatable bonds is 1. The van der Waals surface area contributed by atoms with Crippen molar-refractivity contribution in [1.29, 1.82) is 0 Å². The zero-order valence-electron chi connectivity index (χ0n) is 6.96. The van der Waals surface area contributed by atoms with Gasteiger partial charge in [-0.3, -0.25) is 0 Å². The molecule has 0 amide bonds. The molecule has 0 aromatic heterocycles. The number of hydrogen-bond acceptors (Lipinski definition) is 0. The Morgan fingerprint density at radius 3 is 2.55 bits per heavy atom. The Hall–Kier alpha value is 0. The van der Waals surface area contributed by atoms with Crippen LogP contribution in [0.25, 0.3) is 0 Å². The van der Waals surface area contributed by atoms with Gasteiger partial charge >= 0.3 is 0 Å². The Labute approximate surface area is 70.4 Å². The minimum atomic E-state index is 0.648. The van der Waals surface area contributed by atoms with E-state index in [1.165, 1.54) is 17.8 Å². The molecule has 0 heteroatoms. The smallest absolute Gasteiger partial charge is 0.00571 e. The molecule has 0 unspecified atom stereocenters. The van der Waals surface area contributed by atoms with Crippen LogP contribution in [-0.2, 0) is 0 Å². The van der Waals surface area contributed by atoms with Gasteiger partial charge in [0.15, 0.2) is 0 Å². The van der Waals surface area contributed by atoms with Crippen molar-refractivity contribution in [3.05, 3.63) is 49.9 Å². The lowest BCUT2D eigenvalue weighted by atomic mass is 9.84. The van der Waals surface area contributed by atoms with Crippen LogP contribution in [0.1, 0.15) is 13.8 Å². The summed E-state index contributed by atoms with van der Waals surface area (Å²) in [5.41, 5.74) is 0. The van der Waals surface area contributed by atoms with Gasteiger partial charge in [-0.15, -0.1) is 0 Å². The zero-order chi connectivity index (χ0) is 7.84. The Bertz CT molecular complexity index is 137. The van der Waals surface area contributed by atoms with Crippen molar-refractivity contribution in [3.63, 3.8) is 0 Å². The molecule has 0 nitrogen and oxygen atoms in total. The summed E-state index contributed by atoms with van der Waals surface area (Å²) in [6.07, 6.45) is 10.9. The lowest BCUT2D eigenvalue weighted by molar-refractivity contribution is 0.689. The van der Waals surface area contributed by atoms with E-state index in [9.17, 15) is 0 Å². The summed E-state index contributed by atoms with van der Waals surface area (Å²) in [6, 6.07) is 0. The molecule has 2 aliphatic rings. The van der Waals surface area contributed by atoms with Gasteiger partial charge in [0.25, 0.3) is 0 Å². The molecule has 0 atom stereocenters. The van der Waals surface area contributed by atoms with E-state index < -0.39 is 0 Å². The minimum absolute atomic E-state index is 0.648. The van der Waals surface area contributed by atoms with Crippen molar-refractivity contribution in [2.45, 2.75) is 13.8 Å². The van der Waals surface area contributed by atoms with E-state index in [0.717, 1.165) is 0 Å². The van der Waals surface area contributed by atoms with Gasteiger partial charge < -0.3 is 0 Å². The van der Waals surface area contributed by atoms with Gasteiger partial charge in [0.2, 0.25) is 0 Å². The molecule has 11 heavy (non-hydrogen) atoms. The first-order chi connectivity index (χ1) is 5.29. The maximum atomic E-state index is 2.24. The first-order valence-corrected chi connectivity index (χ1v) is 4.10. The minimum Gasteiger partial charge on any atom is -0.0622 e. The van der Waals surface area contributed by atoms with Crippen molar-refractivity contribution in [2.75, 3.05) is 0 Å². The quantitative estimate of drug-likeness (QED) is 0.530. The molecule has 0 aromatic rings. The second kappa shape index (κ2) is 2.80. The SMILES string of the molecule is CC(C)[C]1[CH][CH][C]2[CH][CH][CH][C]21. The van der Waals surface area contributed by atoms with Crippen LogP contribution in [0.2, 0.25) is 0 Å². The Kier molecular flexibility index (Phi) is 1.95. The third-order valence-electron chi connectivity index (χ3n) is 2.23. The molecular weight excluding hydrogens is 132 g/mol. The highest BCUT2D eigenvalue weighted by molar-refractivity contribution is 5.64. The van der Waals surface area contributed by atoms with Crippen LogP contribution in [0, 0.1) is 55.8 Å². The van der Waals surface area contributed by atoms with Gasteiger partial charge in [0, 0.05) is 0 Å². The van der Waals surface area contributed by atoms with Crippen LogP contribution in [0.4, 0.5) is 0 Å². The Balaban J connectivity index is 2.03.